The van der Waals surface area contributed by atoms with Crippen molar-refractivity contribution >= 4 is 34.2 Å². The lowest BCUT2D eigenvalue weighted by molar-refractivity contribution is 0.252. The smallest absolute Gasteiger partial charge is 0.319 e. The van der Waals surface area contributed by atoms with Gasteiger partial charge < -0.3 is 15.2 Å². The molecule has 0 saturated carbocycles. The number of benzene rings is 2. The van der Waals surface area contributed by atoms with Crippen LogP contribution in [0.2, 0.25) is 5.02 Å². The number of aromatic nitrogens is 1. The summed E-state index contributed by atoms with van der Waals surface area (Å²) in [6, 6.07) is 15.2. The predicted octanol–water partition coefficient (Wildman–Crippen LogP) is 5.38. The van der Waals surface area contributed by atoms with Crippen molar-refractivity contribution in [3.8, 4) is 17.3 Å². The van der Waals surface area contributed by atoms with Gasteiger partial charge in [-0.25, -0.2) is 4.79 Å². The van der Waals surface area contributed by atoms with Gasteiger partial charge in [-0.2, -0.15) is 5.26 Å². The quantitative estimate of drug-likeness (QED) is 0.623. The minimum atomic E-state index is -0.223. The highest BCUT2D eigenvalue weighted by atomic mass is 35.5. The molecule has 0 aliphatic rings. The maximum Gasteiger partial charge on any atom is 0.319 e. The highest BCUT2D eigenvalue weighted by Crippen LogP contribution is 2.35. The van der Waals surface area contributed by atoms with Crippen LogP contribution in [0.3, 0.4) is 0 Å². The standard InChI is InChI=1S/C21H21ClN4O/c1-3-11-24-21(27)25-16-8-5-14(6-9-16)20-18(13-23)17-12-15(22)7-10-19(17)26(20)4-2/h5-10,12H,3-4,11H2,1-2H3,(H2,24,25,27). The minimum Gasteiger partial charge on any atom is -0.340 e. The van der Waals surface area contributed by atoms with Gasteiger partial charge in [0.1, 0.15) is 6.07 Å². The van der Waals surface area contributed by atoms with Crippen molar-refractivity contribution in [1.82, 2.24) is 9.88 Å². The summed E-state index contributed by atoms with van der Waals surface area (Å²) >= 11 is 6.14. The number of hydrogen-bond donors (Lipinski definition) is 2. The van der Waals surface area contributed by atoms with Gasteiger partial charge >= 0.3 is 6.03 Å². The monoisotopic (exact) mass is 380 g/mol. The zero-order chi connectivity index (χ0) is 19.4. The largest absolute Gasteiger partial charge is 0.340 e. The maximum atomic E-state index is 11.8. The van der Waals surface area contributed by atoms with Crippen LogP contribution in [0.4, 0.5) is 10.5 Å². The van der Waals surface area contributed by atoms with Crippen LogP contribution in [-0.4, -0.2) is 17.1 Å². The fourth-order valence-corrected chi connectivity index (χ4v) is 3.37. The molecule has 0 bridgehead atoms. The summed E-state index contributed by atoms with van der Waals surface area (Å²) in [6.45, 7) is 5.41. The number of nitrogens with zero attached hydrogens (tertiary/aromatic N) is 2. The molecule has 2 amide bonds. The maximum absolute atomic E-state index is 11.8. The van der Waals surface area contributed by atoms with Crippen molar-refractivity contribution in [2.45, 2.75) is 26.8 Å². The number of nitriles is 1. The van der Waals surface area contributed by atoms with E-state index in [1.54, 1.807) is 0 Å². The first-order valence-electron chi connectivity index (χ1n) is 8.96. The second-order valence-corrected chi connectivity index (χ2v) is 6.64. The fourth-order valence-electron chi connectivity index (χ4n) is 3.19. The van der Waals surface area contributed by atoms with Gasteiger partial charge in [-0.15, -0.1) is 0 Å². The number of carbonyl (C=O) groups is 1. The average molecular weight is 381 g/mol. The molecule has 0 fully saturated rings. The summed E-state index contributed by atoms with van der Waals surface area (Å²) in [5.74, 6) is 0. The highest BCUT2D eigenvalue weighted by Gasteiger charge is 2.18. The molecule has 0 spiro atoms. The Morgan fingerprint density at radius 2 is 1.93 bits per heavy atom. The molecule has 6 heteroatoms. The van der Waals surface area contributed by atoms with Gasteiger partial charge in [-0.05, 0) is 49.2 Å². The summed E-state index contributed by atoms with van der Waals surface area (Å²) in [5, 5.41) is 16.8. The Balaban J connectivity index is 2.00. The van der Waals surface area contributed by atoms with E-state index in [9.17, 15) is 10.1 Å². The minimum absolute atomic E-state index is 0.223. The molecule has 3 aromatic rings. The number of halogens is 1. The molecule has 0 atom stereocenters. The van der Waals surface area contributed by atoms with Gasteiger partial charge in [0.05, 0.1) is 11.3 Å². The lowest BCUT2D eigenvalue weighted by atomic mass is 10.1. The summed E-state index contributed by atoms with van der Waals surface area (Å²) in [4.78, 5) is 11.8. The molecule has 1 aromatic heterocycles. The van der Waals surface area contributed by atoms with Gasteiger partial charge in [0.2, 0.25) is 0 Å². The molecule has 138 valence electrons. The second kappa shape index (κ2) is 8.15. The van der Waals surface area contributed by atoms with Crippen LogP contribution < -0.4 is 10.6 Å². The Morgan fingerprint density at radius 1 is 1.19 bits per heavy atom. The van der Waals surface area contributed by atoms with Crippen LogP contribution in [0.1, 0.15) is 25.8 Å². The molecule has 3 rings (SSSR count). The molecule has 0 unspecified atom stereocenters. The number of amides is 2. The van der Waals surface area contributed by atoms with Gasteiger partial charge in [-0.1, -0.05) is 30.7 Å². The van der Waals surface area contributed by atoms with E-state index in [1.807, 2.05) is 56.3 Å². The Morgan fingerprint density at radius 3 is 2.56 bits per heavy atom. The molecular formula is C21H21ClN4O. The number of rotatable bonds is 5. The van der Waals surface area contributed by atoms with Crippen LogP contribution in [-0.2, 0) is 6.54 Å². The molecular weight excluding hydrogens is 360 g/mol. The Kier molecular flexibility index (Phi) is 5.68. The molecule has 0 aliphatic carbocycles. The van der Waals surface area contributed by atoms with Gasteiger partial charge in [0, 0.05) is 34.7 Å². The van der Waals surface area contributed by atoms with Crippen molar-refractivity contribution in [1.29, 1.82) is 5.26 Å². The van der Waals surface area contributed by atoms with E-state index in [0.717, 1.165) is 35.1 Å². The van der Waals surface area contributed by atoms with Crippen molar-refractivity contribution in [3.63, 3.8) is 0 Å². The zero-order valence-electron chi connectivity index (χ0n) is 15.3. The third-order valence-corrected chi connectivity index (χ3v) is 4.64. The van der Waals surface area contributed by atoms with Gasteiger partial charge in [-0.3, -0.25) is 0 Å². The SMILES string of the molecule is CCCNC(=O)Nc1ccc(-c2c(C#N)c3cc(Cl)ccc3n2CC)cc1. The van der Waals surface area contributed by atoms with E-state index in [2.05, 4.69) is 21.3 Å². The van der Waals surface area contributed by atoms with Gasteiger partial charge in [0.15, 0.2) is 0 Å². The van der Waals surface area contributed by atoms with Gasteiger partial charge in [0.25, 0.3) is 0 Å². The van der Waals surface area contributed by atoms with E-state index in [1.165, 1.54) is 0 Å². The Bertz CT molecular complexity index is 1020. The summed E-state index contributed by atoms with van der Waals surface area (Å²) in [7, 11) is 0. The first kappa shape index (κ1) is 18.8. The fraction of sp³-hybridized carbons (Fsp3) is 0.238. The third-order valence-electron chi connectivity index (χ3n) is 4.41. The number of aryl methyl sites for hydroxylation is 1. The summed E-state index contributed by atoms with van der Waals surface area (Å²) in [6.07, 6.45) is 0.884. The molecule has 2 N–H and O–H groups in total. The van der Waals surface area contributed by atoms with E-state index in [0.29, 0.717) is 22.8 Å². The van der Waals surface area contributed by atoms with Crippen molar-refractivity contribution in [2.24, 2.45) is 0 Å². The lowest BCUT2D eigenvalue weighted by Gasteiger charge is -2.10. The molecule has 0 aliphatic heterocycles. The second-order valence-electron chi connectivity index (χ2n) is 6.20. The summed E-state index contributed by atoms with van der Waals surface area (Å²) < 4.78 is 2.11. The molecule has 5 nitrogen and oxygen atoms in total. The normalized spacial score (nSPS) is 10.6. The summed E-state index contributed by atoms with van der Waals surface area (Å²) in [5.41, 5.74) is 4.07. The molecule has 1 heterocycles. The molecule has 27 heavy (non-hydrogen) atoms. The van der Waals surface area contributed by atoms with Crippen molar-refractivity contribution in [3.05, 3.63) is 53.1 Å². The topological polar surface area (TPSA) is 69.8 Å². The molecule has 0 radical (unpaired) electrons. The number of nitrogens with one attached hydrogen (secondary N) is 2. The van der Waals surface area contributed by atoms with Crippen LogP contribution in [0.15, 0.2) is 42.5 Å². The molecule has 2 aromatic carbocycles. The van der Waals surface area contributed by atoms with Crippen molar-refractivity contribution in [2.75, 3.05) is 11.9 Å². The predicted molar refractivity (Wildman–Crippen MR) is 110 cm³/mol. The number of carbonyl (C=O) groups excluding carboxylic acids is 1. The van der Waals surface area contributed by atoms with E-state index in [-0.39, 0.29) is 6.03 Å². The van der Waals surface area contributed by atoms with Crippen LogP contribution in [0, 0.1) is 11.3 Å². The number of urea groups is 1. The zero-order valence-corrected chi connectivity index (χ0v) is 16.1. The number of fused-ring (bicyclic) bond motifs is 1. The number of anilines is 1. The van der Waals surface area contributed by atoms with Crippen LogP contribution in [0.25, 0.3) is 22.2 Å². The Labute approximate surface area is 163 Å². The highest BCUT2D eigenvalue weighted by molar-refractivity contribution is 6.31. The first-order chi connectivity index (χ1) is 13.1. The van der Waals surface area contributed by atoms with E-state index >= 15 is 0 Å². The van der Waals surface area contributed by atoms with Crippen LogP contribution in [0.5, 0.6) is 0 Å². The lowest BCUT2D eigenvalue weighted by Crippen LogP contribution is -2.29. The third kappa shape index (κ3) is 3.76. The number of hydrogen-bond acceptors (Lipinski definition) is 2. The van der Waals surface area contributed by atoms with E-state index in [4.69, 9.17) is 11.6 Å². The Hall–Kier alpha value is -2.97. The average Bonchev–Trinajstić information content (AvgIpc) is 2.99. The van der Waals surface area contributed by atoms with Crippen molar-refractivity contribution < 1.29 is 4.79 Å². The van der Waals surface area contributed by atoms with Crippen LogP contribution >= 0.6 is 11.6 Å². The first-order valence-corrected chi connectivity index (χ1v) is 9.34. The molecule has 0 saturated heterocycles. The van der Waals surface area contributed by atoms with E-state index < -0.39 is 0 Å².